The molecule has 0 N–H and O–H groups in total. The number of hydrogen-bond donors (Lipinski definition) is 0. The Kier molecular flexibility index (Phi) is 2.73. The summed E-state index contributed by atoms with van der Waals surface area (Å²) in [6.07, 6.45) is 0.825. The molecular weight excluding hydrogens is 202 g/mol. The van der Waals surface area contributed by atoms with Crippen LogP contribution in [0, 0.1) is 5.92 Å². The zero-order valence-corrected chi connectivity index (χ0v) is 9.77. The lowest BCUT2D eigenvalue weighted by atomic mass is 10.1. The number of pyridine rings is 1. The summed E-state index contributed by atoms with van der Waals surface area (Å²) in [5.74, 6) is 1.39. The second kappa shape index (κ2) is 4.04. The Morgan fingerprint density at radius 1 is 1.38 bits per heavy atom. The van der Waals surface area contributed by atoms with Gasteiger partial charge in [0, 0.05) is 13.3 Å². The minimum Gasteiger partial charge on any atom is -0.293 e. The molecule has 0 saturated heterocycles. The summed E-state index contributed by atoms with van der Waals surface area (Å²) >= 11 is 0. The fourth-order valence-corrected chi connectivity index (χ4v) is 1.77. The molecular formula is C12H15N3O. The average molecular weight is 217 g/mol. The van der Waals surface area contributed by atoms with E-state index in [1.54, 1.807) is 6.92 Å². The molecule has 2 aromatic rings. The maximum Gasteiger partial charge on any atom is 0.176 e. The number of hydrogen-bond acceptors (Lipinski definition) is 3. The van der Waals surface area contributed by atoms with Crippen LogP contribution in [0.4, 0.5) is 0 Å². The van der Waals surface area contributed by atoms with Gasteiger partial charge in [-0.25, -0.2) is 0 Å². The first-order valence-corrected chi connectivity index (χ1v) is 5.43. The van der Waals surface area contributed by atoms with Gasteiger partial charge in [0.2, 0.25) is 0 Å². The Morgan fingerprint density at radius 2 is 2.12 bits per heavy atom. The van der Waals surface area contributed by atoms with Crippen LogP contribution in [0.1, 0.15) is 37.1 Å². The molecule has 0 spiro atoms. The lowest BCUT2D eigenvalue weighted by Crippen LogP contribution is -2.07. The maximum atomic E-state index is 11.5. The van der Waals surface area contributed by atoms with Gasteiger partial charge in [0.25, 0.3) is 0 Å². The van der Waals surface area contributed by atoms with Gasteiger partial charge >= 0.3 is 0 Å². The highest BCUT2D eigenvalue weighted by Crippen LogP contribution is 2.12. The van der Waals surface area contributed by atoms with Crippen molar-refractivity contribution in [3.63, 3.8) is 0 Å². The second-order valence-corrected chi connectivity index (χ2v) is 4.38. The van der Waals surface area contributed by atoms with E-state index in [1.165, 1.54) is 0 Å². The first kappa shape index (κ1) is 10.8. The Labute approximate surface area is 94.3 Å². The summed E-state index contributed by atoms with van der Waals surface area (Å²) < 4.78 is 1.85. The SMILES string of the molecule is CC(=O)c1cccc2nnc(CC(C)C)n12. The summed E-state index contributed by atoms with van der Waals surface area (Å²) in [5, 5.41) is 8.21. The van der Waals surface area contributed by atoms with Gasteiger partial charge in [-0.2, -0.15) is 0 Å². The van der Waals surface area contributed by atoms with Crippen LogP contribution in [0.2, 0.25) is 0 Å². The van der Waals surface area contributed by atoms with Crippen LogP contribution in [-0.4, -0.2) is 20.4 Å². The molecule has 0 radical (unpaired) electrons. The van der Waals surface area contributed by atoms with Crippen molar-refractivity contribution in [1.82, 2.24) is 14.6 Å². The minimum atomic E-state index is 0.0374. The van der Waals surface area contributed by atoms with Gasteiger partial charge in [0.15, 0.2) is 11.4 Å². The first-order chi connectivity index (χ1) is 7.59. The number of Topliss-reactive ketones (excluding diaryl/α,β-unsaturated/α-hetero) is 1. The normalized spacial score (nSPS) is 11.2. The van der Waals surface area contributed by atoms with E-state index in [0.717, 1.165) is 17.9 Å². The van der Waals surface area contributed by atoms with Gasteiger partial charge in [0.05, 0.1) is 5.69 Å². The number of rotatable bonds is 3. The van der Waals surface area contributed by atoms with Gasteiger partial charge in [-0.3, -0.25) is 9.20 Å². The van der Waals surface area contributed by atoms with E-state index in [4.69, 9.17) is 0 Å². The molecule has 0 saturated carbocycles. The topological polar surface area (TPSA) is 47.3 Å². The van der Waals surface area contributed by atoms with Crippen LogP contribution in [0.3, 0.4) is 0 Å². The molecule has 4 nitrogen and oxygen atoms in total. The average Bonchev–Trinajstić information content (AvgIpc) is 2.60. The number of nitrogens with zero attached hydrogens (tertiary/aromatic N) is 3. The molecule has 0 aromatic carbocycles. The molecule has 16 heavy (non-hydrogen) atoms. The number of fused-ring (bicyclic) bond motifs is 1. The predicted octanol–water partition coefficient (Wildman–Crippen LogP) is 2.13. The van der Waals surface area contributed by atoms with Gasteiger partial charge in [-0.15, -0.1) is 10.2 Å². The van der Waals surface area contributed by atoms with E-state index in [9.17, 15) is 4.79 Å². The van der Waals surface area contributed by atoms with Gasteiger partial charge in [-0.1, -0.05) is 19.9 Å². The fourth-order valence-electron chi connectivity index (χ4n) is 1.77. The van der Waals surface area contributed by atoms with E-state index < -0.39 is 0 Å². The predicted molar refractivity (Wildman–Crippen MR) is 61.5 cm³/mol. The van der Waals surface area contributed by atoms with Gasteiger partial charge in [-0.05, 0) is 18.1 Å². The number of carbonyl (C=O) groups excluding carboxylic acids is 1. The van der Waals surface area contributed by atoms with E-state index in [-0.39, 0.29) is 5.78 Å². The minimum absolute atomic E-state index is 0.0374. The van der Waals surface area contributed by atoms with Crippen molar-refractivity contribution in [2.75, 3.05) is 0 Å². The second-order valence-electron chi connectivity index (χ2n) is 4.38. The summed E-state index contributed by atoms with van der Waals surface area (Å²) in [6.45, 7) is 5.81. The summed E-state index contributed by atoms with van der Waals surface area (Å²) in [5.41, 5.74) is 1.39. The van der Waals surface area contributed by atoms with Crippen LogP contribution < -0.4 is 0 Å². The molecule has 84 valence electrons. The Hall–Kier alpha value is -1.71. The van der Waals surface area contributed by atoms with Crippen molar-refractivity contribution in [2.24, 2.45) is 5.92 Å². The van der Waals surface area contributed by atoms with Crippen LogP contribution >= 0.6 is 0 Å². The first-order valence-electron chi connectivity index (χ1n) is 5.43. The summed E-state index contributed by atoms with van der Waals surface area (Å²) in [6, 6.07) is 5.51. The Bertz CT molecular complexity index is 528. The molecule has 0 bridgehead atoms. The molecule has 0 aliphatic heterocycles. The molecule has 0 unspecified atom stereocenters. The van der Waals surface area contributed by atoms with Crippen molar-refractivity contribution in [1.29, 1.82) is 0 Å². The summed E-state index contributed by atoms with van der Waals surface area (Å²) in [7, 11) is 0. The third-order valence-electron chi connectivity index (χ3n) is 2.45. The number of ketones is 1. The van der Waals surface area contributed by atoms with Crippen LogP contribution in [-0.2, 0) is 6.42 Å². The molecule has 2 aromatic heterocycles. The van der Waals surface area contributed by atoms with E-state index in [0.29, 0.717) is 11.6 Å². The number of carbonyl (C=O) groups is 1. The summed E-state index contributed by atoms with van der Waals surface area (Å²) in [4.78, 5) is 11.5. The van der Waals surface area contributed by atoms with Gasteiger partial charge < -0.3 is 0 Å². The molecule has 0 aliphatic rings. The zero-order chi connectivity index (χ0) is 11.7. The van der Waals surface area contributed by atoms with Crippen molar-refractivity contribution in [3.05, 3.63) is 29.7 Å². The third kappa shape index (κ3) is 1.83. The van der Waals surface area contributed by atoms with Crippen LogP contribution in [0.5, 0.6) is 0 Å². The molecule has 2 rings (SSSR count). The van der Waals surface area contributed by atoms with Crippen molar-refractivity contribution in [2.45, 2.75) is 27.2 Å². The lowest BCUT2D eigenvalue weighted by Gasteiger charge is -2.06. The third-order valence-corrected chi connectivity index (χ3v) is 2.45. The highest BCUT2D eigenvalue weighted by molar-refractivity contribution is 5.93. The van der Waals surface area contributed by atoms with Crippen LogP contribution in [0.15, 0.2) is 18.2 Å². The molecule has 0 atom stereocenters. The van der Waals surface area contributed by atoms with Crippen molar-refractivity contribution in [3.8, 4) is 0 Å². The van der Waals surface area contributed by atoms with E-state index >= 15 is 0 Å². The largest absolute Gasteiger partial charge is 0.293 e. The molecule has 4 heteroatoms. The monoisotopic (exact) mass is 217 g/mol. The smallest absolute Gasteiger partial charge is 0.176 e. The lowest BCUT2D eigenvalue weighted by molar-refractivity contribution is 0.101. The standard InChI is InChI=1S/C12H15N3O/c1-8(2)7-12-14-13-11-6-4-5-10(9(3)16)15(11)12/h4-6,8H,7H2,1-3H3. The van der Waals surface area contributed by atoms with E-state index in [2.05, 4.69) is 24.0 Å². The van der Waals surface area contributed by atoms with Crippen LogP contribution in [0.25, 0.3) is 5.65 Å². The molecule has 0 fully saturated rings. The highest BCUT2D eigenvalue weighted by atomic mass is 16.1. The van der Waals surface area contributed by atoms with E-state index in [1.807, 2.05) is 22.6 Å². The Morgan fingerprint density at radius 3 is 2.75 bits per heavy atom. The molecule has 0 amide bonds. The Balaban J connectivity index is 2.63. The molecule has 2 heterocycles. The van der Waals surface area contributed by atoms with Crippen molar-refractivity contribution < 1.29 is 4.79 Å². The zero-order valence-electron chi connectivity index (χ0n) is 9.77. The van der Waals surface area contributed by atoms with Crippen molar-refractivity contribution >= 4 is 11.4 Å². The molecule has 0 aliphatic carbocycles. The highest BCUT2D eigenvalue weighted by Gasteiger charge is 2.12. The maximum absolute atomic E-state index is 11.5. The van der Waals surface area contributed by atoms with Gasteiger partial charge in [0.1, 0.15) is 5.82 Å². The fraction of sp³-hybridized carbons (Fsp3) is 0.417. The number of aromatic nitrogens is 3. The quantitative estimate of drug-likeness (QED) is 0.740.